The lowest BCUT2D eigenvalue weighted by Crippen LogP contribution is -2.37. The summed E-state index contributed by atoms with van der Waals surface area (Å²) in [6.45, 7) is 0. The van der Waals surface area contributed by atoms with Crippen LogP contribution in [0.5, 0.6) is 0 Å². The van der Waals surface area contributed by atoms with Gasteiger partial charge < -0.3 is 11.1 Å². The topological polar surface area (TPSA) is 98.3 Å². The molecule has 3 N–H and O–H groups in total. The Morgan fingerprint density at radius 1 is 1.14 bits per heavy atom. The molecule has 0 fully saturated rings. The quantitative estimate of drug-likeness (QED) is 0.653. The van der Waals surface area contributed by atoms with E-state index in [-0.39, 0.29) is 24.0 Å². The van der Waals surface area contributed by atoms with Gasteiger partial charge in [0.1, 0.15) is 0 Å². The van der Waals surface area contributed by atoms with E-state index < -0.39 is 11.0 Å². The molecule has 0 radical (unpaired) electrons. The molecule has 0 heterocycles. The summed E-state index contributed by atoms with van der Waals surface area (Å²) in [4.78, 5) is 22.0. The highest BCUT2D eigenvalue weighted by molar-refractivity contribution is 5.94. The molecule has 7 heteroatoms. The second kappa shape index (κ2) is 8.11. The Bertz CT molecular complexity index is 632. The number of hydrogen-bond acceptors (Lipinski definition) is 4. The van der Waals surface area contributed by atoms with Crippen molar-refractivity contribution < 1.29 is 9.72 Å². The maximum atomic E-state index is 12.0. The second-order valence-electron chi connectivity index (χ2n) is 4.59. The molecule has 0 spiro atoms. The lowest BCUT2D eigenvalue weighted by molar-refractivity contribution is -0.384. The average Bonchev–Trinajstić information content (AvgIpc) is 2.48. The Labute approximate surface area is 133 Å². The summed E-state index contributed by atoms with van der Waals surface area (Å²) in [5, 5.41) is 13.2. The van der Waals surface area contributed by atoms with Crippen LogP contribution in [0.4, 0.5) is 11.4 Å². The van der Waals surface area contributed by atoms with E-state index in [9.17, 15) is 14.9 Å². The number of rotatable bonds is 5. The van der Waals surface area contributed by atoms with Gasteiger partial charge in [0.2, 0.25) is 5.91 Å². The van der Waals surface area contributed by atoms with Crippen molar-refractivity contribution in [1.82, 2.24) is 0 Å². The minimum Gasteiger partial charge on any atom is -0.325 e. The maximum Gasteiger partial charge on any atom is 0.269 e. The Balaban J connectivity index is 0.00000242. The number of nitrogens with one attached hydrogen (secondary N) is 1. The summed E-state index contributed by atoms with van der Waals surface area (Å²) < 4.78 is 0. The lowest BCUT2D eigenvalue weighted by atomic mass is 10.1. The van der Waals surface area contributed by atoms with Gasteiger partial charge in [-0.1, -0.05) is 30.3 Å². The van der Waals surface area contributed by atoms with E-state index in [1.54, 1.807) is 0 Å². The zero-order chi connectivity index (χ0) is 15.2. The van der Waals surface area contributed by atoms with Crippen LogP contribution in [0.25, 0.3) is 0 Å². The Kier molecular flexibility index (Phi) is 6.49. The molecule has 0 saturated carbocycles. The molecule has 2 aromatic rings. The average molecular weight is 322 g/mol. The van der Waals surface area contributed by atoms with Gasteiger partial charge in [0.15, 0.2) is 0 Å². The van der Waals surface area contributed by atoms with Crippen LogP contribution in [0.15, 0.2) is 54.6 Å². The zero-order valence-electron chi connectivity index (χ0n) is 11.6. The largest absolute Gasteiger partial charge is 0.325 e. The van der Waals surface area contributed by atoms with Gasteiger partial charge in [-0.2, -0.15) is 0 Å². The SMILES string of the molecule is Cl.N[C@@H](Cc1ccccc1)C(=O)Nc1ccc([N+](=O)[O-])cc1. The molecule has 0 saturated heterocycles. The van der Waals surface area contributed by atoms with Gasteiger partial charge in [-0.25, -0.2) is 0 Å². The molecule has 0 bridgehead atoms. The first kappa shape index (κ1) is 17.6. The first-order chi connectivity index (χ1) is 10.1. The van der Waals surface area contributed by atoms with Gasteiger partial charge in [0.25, 0.3) is 5.69 Å². The molecule has 0 unspecified atom stereocenters. The number of nitrogens with two attached hydrogens (primary N) is 1. The third-order valence-electron chi connectivity index (χ3n) is 2.98. The van der Waals surface area contributed by atoms with Crippen LogP contribution >= 0.6 is 12.4 Å². The first-order valence-corrected chi connectivity index (χ1v) is 6.41. The summed E-state index contributed by atoms with van der Waals surface area (Å²) in [5.74, 6) is -0.326. The van der Waals surface area contributed by atoms with Gasteiger partial charge in [-0.15, -0.1) is 12.4 Å². The van der Waals surface area contributed by atoms with E-state index in [0.29, 0.717) is 12.1 Å². The number of benzene rings is 2. The monoisotopic (exact) mass is 321 g/mol. The van der Waals surface area contributed by atoms with E-state index in [0.717, 1.165) is 5.56 Å². The molecule has 0 aromatic heterocycles. The van der Waals surface area contributed by atoms with Crippen molar-refractivity contribution in [3.05, 3.63) is 70.3 Å². The zero-order valence-corrected chi connectivity index (χ0v) is 12.5. The Morgan fingerprint density at radius 2 is 1.73 bits per heavy atom. The van der Waals surface area contributed by atoms with Crippen LogP contribution in [0.3, 0.4) is 0 Å². The van der Waals surface area contributed by atoms with Crippen LogP contribution in [-0.2, 0) is 11.2 Å². The molecule has 0 aliphatic carbocycles. The van der Waals surface area contributed by atoms with Crippen LogP contribution < -0.4 is 11.1 Å². The van der Waals surface area contributed by atoms with E-state index in [4.69, 9.17) is 5.73 Å². The molecule has 1 amide bonds. The van der Waals surface area contributed by atoms with Crippen LogP contribution in [-0.4, -0.2) is 16.9 Å². The number of nitro groups is 1. The molecule has 22 heavy (non-hydrogen) atoms. The van der Waals surface area contributed by atoms with E-state index in [1.807, 2.05) is 30.3 Å². The minimum absolute atomic E-state index is 0. The van der Waals surface area contributed by atoms with Gasteiger partial charge >= 0.3 is 0 Å². The summed E-state index contributed by atoms with van der Waals surface area (Å²) in [5.41, 5.74) is 7.29. The molecule has 2 rings (SSSR count). The number of nitrogens with zero attached hydrogens (tertiary/aromatic N) is 1. The third kappa shape index (κ3) is 4.83. The number of hydrogen-bond donors (Lipinski definition) is 2. The standard InChI is InChI=1S/C15H15N3O3.ClH/c16-14(10-11-4-2-1-3-5-11)15(19)17-12-6-8-13(9-7-12)18(20)21;/h1-9,14H,10,16H2,(H,17,19);1H/t14-;/m0./s1. The van der Waals surface area contributed by atoms with Crippen molar-refractivity contribution >= 4 is 29.7 Å². The van der Waals surface area contributed by atoms with Gasteiger partial charge in [0, 0.05) is 17.8 Å². The fraction of sp³-hybridized carbons (Fsp3) is 0.133. The molecule has 116 valence electrons. The van der Waals surface area contributed by atoms with Gasteiger partial charge in [0.05, 0.1) is 11.0 Å². The first-order valence-electron chi connectivity index (χ1n) is 6.41. The lowest BCUT2D eigenvalue weighted by Gasteiger charge is -2.12. The highest BCUT2D eigenvalue weighted by Crippen LogP contribution is 2.15. The molecule has 1 atom stereocenters. The third-order valence-corrected chi connectivity index (χ3v) is 2.98. The summed E-state index contributed by atoms with van der Waals surface area (Å²) in [7, 11) is 0. The van der Waals surface area contributed by atoms with Crippen molar-refractivity contribution in [2.24, 2.45) is 5.73 Å². The number of non-ortho nitro benzene ring substituents is 1. The number of amides is 1. The van der Waals surface area contributed by atoms with E-state index >= 15 is 0 Å². The number of anilines is 1. The van der Waals surface area contributed by atoms with Crippen molar-refractivity contribution in [2.75, 3.05) is 5.32 Å². The van der Waals surface area contributed by atoms with Crippen molar-refractivity contribution in [1.29, 1.82) is 0 Å². The van der Waals surface area contributed by atoms with Crippen molar-refractivity contribution in [3.8, 4) is 0 Å². The summed E-state index contributed by atoms with van der Waals surface area (Å²) in [6, 6.07) is 14.4. The van der Waals surface area contributed by atoms with Crippen molar-refractivity contribution in [2.45, 2.75) is 12.5 Å². The van der Waals surface area contributed by atoms with Crippen LogP contribution in [0.2, 0.25) is 0 Å². The number of carbonyl (C=O) groups is 1. The maximum absolute atomic E-state index is 12.0. The number of halogens is 1. The number of nitro benzene ring substituents is 1. The second-order valence-corrected chi connectivity index (χ2v) is 4.59. The molecular formula is C15H16ClN3O3. The number of carbonyl (C=O) groups excluding carboxylic acids is 1. The molecular weight excluding hydrogens is 306 g/mol. The van der Waals surface area contributed by atoms with Crippen LogP contribution in [0, 0.1) is 10.1 Å². The Hall–Kier alpha value is -2.44. The predicted molar refractivity (Wildman–Crippen MR) is 87.1 cm³/mol. The predicted octanol–water partition coefficient (Wildman–Crippen LogP) is 2.53. The van der Waals surface area contributed by atoms with E-state index in [1.165, 1.54) is 24.3 Å². The van der Waals surface area contributed by atoms with Gasteiger partial charge in [-0.05, 0) is 24.1 Å². The smallest absolute Gasteiger partial charge is 0.269 e. The van der Waals surface area contributed by atoms with E-state index in [2.05, 4.69) is 5.32 Å². The van der Waals surface area contributed by atoms with Crippen molar-refractivity contribution in [3.63, 3.8) is 0 Å². The highest BCUT2D eigenvalue weighted by Gasteiger charge is 2.14. The minimum atomic E-state index is -0.678. The van der Waals surface area contributed by atoms with Gasteiger partial charge in [-0.3, -0.25) is 14.9 Å². The van der Waals surface area contributed by atoms with Crippen LogP contribution in [0.1, 0.15) is 5.56 Å². The normalized spacial score (nSPS) is 11.1. The summed E-state index contributed by atoms with van der Waals surface area (Å²) in [6.07, 6.45) is 0.430. The molecule has 2 aromatic carbocycles. The highest BCUT2D eigenvalue weighted by atomic mass is 35.5. The fourth-order valence-corrected chi connectivity index (χ4v) is 1.86. The molecule has 0 aliphatic heterocycles. The molecule has 0 aliphatic rings. The molecule has 6 nitrogen and oxygen atoms in total. The summed E-state index contributed by atoms with van der Waals surface area (Å²) >= 11 is 0. The fourth-order valence-electron chi connectivity index (χ4n) is 1.86. The Morgan fingerprint density at radius 3 is 2.27 bits per heavy atom.